The molecule has 13 heteroatoms. The Kier molecular flexibility index (Phi) is 7.91. The second-order valence-electron chi connectivity index (χ2n) is 8.29. The minimum Gasteiger partial charge on any atom is -0.388 e. The molecule has 0 aromatic rings. The van der Waals surface area contributed by atoms with Gasteiger partial charge in [-0.25, -0.2) is 0 Å². The Bertz CT molecular complexity index is 595. The lowest BCUT2D eigenvalue weighted by atomic mass is 9.97. The van der Waals surface area contributed by atoms with Gasteiger partial charge in [0.25, 0.3) is 0 Å². The molecule has 3 aliphatic heterocycles. The summed E-state index contributed by atoms with van der Waals surface area (Å²) in [4.78, 5) is 0. The predicted octanol–water partition coefficient (Wildman–Crippen LogP) is -4.49. The Hall–Kier alpha value is -0.520. The van der Waals surface area contributed by atoms with Crippen molar-refractivity contribution in [1.29, 1.82) is 0 Å². The largest absolute Gasteiger partial charge is 0.388 e. The first kappa shape index (κ1) is 25.1. The van der Waals surface area contributed by atoms with Gasteiger partial charge in [-0.15, -0.1) is 0 Å². The molecule has 0 saturated carbocycles. The van der Waals surface area contributed by atoms with Crippen molar-refractivity contribution in [2.45, 2.75) is 113 Å². The monoisotopic (exact) mass is 456 g/mol. The summed E-state index contributed by atoms with van der Waals surface area (Å²) in [5, 5.41) is 81.0. The molecule has 0 unspecified atom stereocenters. The van der Waals surface area contributed by atoms with Gasteiger partial charge in [-0.1, -0.05) is 0 Å². The molecule has 0 amide bonds. The molecule has 0 aromatic heterocycles. The highest BCUT2D eigenvalue weighted by molar-refractivity contribution is 4.94. The summed E-state index contributed by atoms with van der Waals surface area (Å²) >= 11 is 0. The van der Waals surface area contributed by atoms with Crippen molar-refractivity contribution in [3.63, 3.8) is 0 Å². The molecule has 0 radical (unpaired) electrons. The van der Waals surface area contributed by atoms with Gasteiger partial charge in [-0.05, 0) is 20.8 Å². The Labute approximate surface area is 178 Å². The lowest BCUT2D eigenvalue weighted by molar-refractivity contribution is -0.382. The Morgan fingerprint density at radius 2 is 0.839 bits per heavy atom. The summed E-state index contributed by atoms with van der Waals surface area (Å²) < 4.78 is 27.2. The quantitative estimate of drug-likeness (QED) is 0.201. The van der Waals surface area contributed by atoms with Crippen LogP contribution in [-0.2, 0) is 23.7 Å². The normalized spacial score (nSPS) is 56.4. The fraction of sp³-hybridized carbons (Fsp3) is 1.00. The van der Waals surface area contributed by atoms with E-state index in [1.165, 1.54) is 20.8 Å². The first-order chi connectivity index (χ1) is 14.4. The third-order valence-corrected chi connectivity index (χ3v) is 5.98. The van der Waals surface area contributed by atoms with E-state index in [1.54, 1.807) is 0 Å². The van der Waals surface area contributed by atoms with Crippen molar-refractivity contribution in [3.8, 4) is 0 Å². The zero-order valence-corrected chi connectivity index (χ0v) is 17.3. The average Bonchev–Trinajstić information content (AvgIpc) is 2.72. The van der Waals surface area contributed by atoms with Crippen molar-refractivity contribution < 1.29 is 64.5 Å². The number of hydrogen-bond donors (Lipinski definition) is 8. The topological polar surface area (TPSA) is 208 Å². The molecule has 3 saturated heterocycles. The maximum Gasteiger partial charge on any atom is 0.187 e. The van der Waals surface area contributed by atoms with Crippen LogP contribution >= 0.6 is 0 Å². The molecular formula is C18H32O13. The Morgan fingerprint density at radius 1 is 0.452 bits per heavy atom. The van der Waals surface area contributed by atoms with Crippen molar-refractivity contribution in [1.82, 2.24) is 0 Å². The summed E-state index contributed by atoms with van der Waals surface area (Å²) in [6.07, 6.45) is -21.1. The number of ether oxygens (including phenoxy) is 5. The predicted molar refractivity (Wildman–Crippen MR) is 97.0 cm³/mol. The fourth-order valence-electron chi connectivity index (χ4n) is 3.87. The van der Waals surface area contributed by atoms with Crippen LogP contribution in [0.1, 0.15) is 20.8 Å². The molecule has 31 heavy (non-hydrogen) atoms. The molecule has 0 aromatic carbocycles. The number of aliphatic hydroxyl groups is 8. The summed E-state index contributed by atoms with van der Waals surface area (Å²) in [5.74, 6) is 0. The minimum atomic E-state index is -1.69. The Balaban J connectivity index is 1.78. The highest BCUT2D eigenvalue weighted by atomic mass is 16.8. The van der Waals surface area contributed by atoms with Crippen LogP contribution in [-0.4, -0.2) is 133 Å². The van der Waals surface area contributed by atoms with Crippen LogP contribution in [0.3, 0.4) is 0 Å². The first-order valence-electron chi connectivity index (χ1n) is 10.2. The lowest BCUT2D eigenvalue weighted by Gasteiger charge is -2.47. The number of hydrogen-bond acceptors (Lipinski definition) is 13. The number of rotatable bonds is 4. The Morgan fingerprint density at radius 3 is 1.29 bits per heavy atom. The highest BCUT2D eigenvalue weighted by Gasteiger charge is 2.52. The van der Waals surface area contributed by atoms with E-state index in [1.807, 2.05) is 0 Å². The van der Waals surface area contributed by atoms with Gasteiger partial charge in [0.1, 0.15) is 54.9 Å². The highest BCUT2D eigenvalue weighted by Crippen LogP contribution is 2.32. The molecule has 182 valence electrons. The van der Waals surface area contributed by atoms with E-state index in [9.17, 15) is 40.9 Å². The van der Waals surface area contributed by atoms with E-state index < -0.39 is 92.1 Å². The van der Waals surface area contributed by atoms with E-state index in [-0.39, 0.29) is 0 Å². The van der Waals surface area contributed by atoms with Crippen molar-refractivity contribution in [2.75, 3.05) is 0 Å². The van der Waals surface area contributed by atoms with Gasteiger partial charge < -0.3 is 64.5 Å². The summed E-state index contributed by atoms with van der Waals surface area (Å²) in [6, 6.07) is 0. The lowest BCUT2D eigenvalue weighted by Crippen LogP contribution is -2.65. The van der Waals surface area contributed by atoms with Crippen LogP contribution in [0.5, 0.6) is 0 Å². The van der Waals surface area contributed by atoms with Gasteiger partial charge in [0.2, 0.25) is 0 Å². The van der Waals surface area contributed by atoms with Crippen molar-refractivity contribution in [3.05, 3.63) is 0 Å². The molecule has 3 fully saturated rings. The molecular weight excluding hydrogens is 424 g/mol. The second-order valence-corrected chi connectivity index (χ2v) is 8.29. The molecule has 13 nitrogen and oxygen atoms in total. The van der Waals surface area contributed by atoms with E-state index in [0.29, 0.717) is 0 Å². The molecule has 0 bridgehead atoms. The standard InChI is InChI=1S/C18H32O13/c1-4-7(19)10(22)12(24)17(28-4)30-14-9(21)6(3)27-16(26)15(14)31-18-13(25)11(23)8(20)5(2)29-18/h4-26H,1-3H3/t4-,5-,6-,7+,8+,9-,10+,11+,12-,13-,14+,15+,16+,17+,18+/m0/s1. The zero-order valence-electron chi connectivity index (χ0n) is 17.3. The number of aliphatic hydroxyl groups excluding tert-OH is 8. The zero-order chi connectivity index (χ0) is 23.2. The average molecular weight is 456 g/mol. The molecule has 3 aliphatic rings. The molecule has 8 N–H and O–H groups in total. The van der Waals surface area contributed by atoms with Gasteiger partial charge in [0.15, 0.2) is 18.9 Å². The minimum absolute atomic E-state index is 0.914. The fourth-order valence-corrected chi connectivity index (χ4v) is 3.87. The van der Waals surface area contributed by atoms with Crippen LogP contribution in [0.2, 0.25) is 0 Å². The maximum atomic E-state index is 10.6. The summed E-state index contributed by atoms with van der Waals surface area (Å²) in [5.41, 5.74) is 0. The van der Waals surface area contributed by atoms with Gasteiger partial charge in [0, 0.05) is 0 Å². The second kappa shape index (κ2) is 9.77. The third kappa shape index (κ3) is 4.89. The van der Waals surface area contributed by atoms with Crippen molar-refractivity contribution in [2.24, 2.45) is 0 Å². The van der Waals surface area contributed by atoms with E-state index >= 15 is 0 Å². The van der Waals surface area contributed by atoms with Gasteiger partial charge in [0.05, 0.1) is 18.3 Å². The molecule has 3 heterocycles. The van der Waals surface area contributed by atoms with E-state index in [2.05, 4.69) is 0 Å². The SMILES string of the molecule is C[C@@H]1O[C@@H](O)[C@H](O[C@H]2O[C@@H](C)[C@@H](O)[C@@H](O)[C@@H]2O)[C@H](O[C@H]2O[C@@H](C)[C@@H](O)[C@@H](O)[C@@H]2O)[C@H]1O. The van der Waals surface area contributed by atoms with Gasteiger partial charge in [-0.3, -0.25) is 0 Å². The summed E-state index contributed by atoms with van der Waals surface area (Å²) in [6.45, 7) is 4.34. The van der Waals surface area contributed by atoms with E-state index in [0.717, 1.165) is 0 Å². The third-order valence-electron chi connectivity index (χ3n) is 5.98. The van der Waals surface area contributed by atoms with Gasteiger partial charge in [-0.2, -0.15) is 0 Å². The summed E-state index contributed by atoms with van der Waals surface area (Å²) in [7, 11) is 0. The molecule has 15 atom stereocenters. The first-order valence-corrected chi connectivity index (χ1v) is 10.2. The molecule has 0 spiro atoms. The van der Waals surface area contributed by atoms with Crippen LogP contribution in [0.4, 0.5) is 0 Å². The van der Waals surface area contributed by atoms with Crippen LogP contribution < -0.4 is 0 Å². The van der Waals surface area contributed by atoms with Crippen LogP contribution in [0.25, 0.3) is 0 Å². The van der Waals surface area contributed by atoms with Crippen LogP contribution in [0, 0.1) is 0 Å². The van der Waals surface area contributed by atoms with E-state index in [4.69, 9.17) is 23.7 Å². The smallest absolute Gasteiger partial charge is 0.187 e. The molecule has 0 aliphatic carbocycles. The maximum absolute atomic E-state index is 10.6. The van der Waals surface area contributed by atoms with Crippen molar-refractivity contribution >= 4 is 0 Å². The molecule has 3 rings (SSSR count). The van der Waals surface area contributed by atoms with Gasteiger partial charge >= 0.3 is 0 Å². The van der Waals surface area contributed by atoms with Crippen LogP contribution in [0.15, 0.2) is 0 Å².